The van der Waals surface area contributed by atoms with E-state index < -0.39 is 5.54 Å². The van der Waals surface area contributed by atoms with Crippen molar-refractivity contribution in [2.24, 2.45) is 0 Å². The van der Waals surface area contributed by atoms with Crippen LogP contribution in [0.25, 0.3) is 10.2 Å². The first-order valence-electron chi connectivity index (χ1n) is 11.5. The number of hydrogen-bond acceptors (Lipinski definition) is 5. The van der Waals surface area contributed by atoms with Crippen molar-refractivity contribution in [1.82, 2.24) is 9.88 Å². The first-order chi connectivity index (χ1) is 17.3. The lowest BCUT2D eigenvalue weighted by Gasteiger charge is -2.44. The summed E-state index contributed by atoms with van der Waals surface area (Å²) >= 11 is 1.55. The molecule has 36 heavy (non-hydrogen) atoms. The number of carbonyl (C=O) groups is 3. The maximum atomic E-state index is 13.9. The highest BCUT2D eigenvalue weighted by Gasteiger charge is 2.48. The molecule has 9 heteroatoms. The van der Waals surface area contributed by atoms with Gasteiger partial charge >= 0.3 is 0 Å². The monoisotopic (exact) mass is 502 g/mol. The minimum absolute atomic E-state index is 0.185. The zero-order valence-electron chi connectivity index (χ0n) is 20.2. The number of para-hydroxylation sites is 1. The van der Waals surface area contributed by atoms with Gasteiger partial charge in [0.1, 0.15) is 21.8 Å². The Hall–Kier alpha value is -4.11. The highest BCUT2D eigenvalue weighted by atomic mass is 32.1. The molecule has 2 N–H and O–H groups in total. The van der Waals surface area contributed by atoms with Gasteiger partial charge in [-0.25, -0.2) is 0 Å². The summed E-state index contributed by atoms with van der Waals surface area (Å²) in [4.78, 5) is 41.7. The van der Waals surface area contributed by atoms with E-state index in [4.69, 9.17) is 4.74 Å². The number of rotatable bonds is 6. The Labute approximate surface area is 212 Å². The van der Waals surface area contributed by atoms with Crippen molar-refractivity contribution in [3.8, 4) is 5.75 Å². The van der Waals surface area contributed by atoms with Gasteiger partial charge in [0, 0.05) is 35.8 Å². The minimum atomic E-state index is -1.21. The number of hydrogen-bond donors (Lipinski definition) is 2. The Morgan fingerprint density at radius 1 is 1.11 bits per heavy atom. The number of fused-ring (bicyclic) bond motifs is 3. The second-order valence-corrected chi connectivity index (χ2v) is 9.83. The number of nitrogens with zero attached hydrogens (tertiary/aromatic N) is 2. The lowest BCUT2D eigenvalue weighted by Crippen LogP contribution is -2.64. The van der Waals surface area contributed by atoms with Crippen LogP contribution in [0.5, 0.6) is 5.75 Å². The van der Waals surface area contributed by atoms with Gasteiger partial charge in [-0.1, -0.05) is 18.2 Å². The number of methoxy groups -OCH3 is 1. The van der Waals surface area contributed by atoms with Crippen molar-refractivity contribution in [3.63, 3.8) is 0 Å². The standard InChI is InChI=1S/C27H26N4O4S/c1-17(32)29-20-8-10-21(11-9-20)31-24(33)22-14-18-12-13-36-25(18)30(22)16-27(31,2)26(34)28-15-19-6-4-5-7-23(19)35-3/h4-14H,15-16H2,1-3H3,(H,28,34)(H,29,32)/t27-/m0/s1. The van der Waals surface area contributed by atoms with Crippen LogP contribution in [0, 0.1) is 0 Å². The predicted molar refractivity (Wildman–Crippen MR) is 141 cm³/mol. The van der Waals surface area contributed by atoms with E-state index in [-0.39, 0.29) is 24.3 Å². The molecule has 8 nitrogen and oxygen atoms in total. The van der Waals surface area contributed by atoms with E-state index in [0.29, 0.717) is 29.4 Å². The molecule has 1 atom stereocenters. The lowest BCUT2D eigenvalue weighted by atomic mass is 9.93. The van der Waals surface area contributed by atoms with E-state index in [1.54, 1.807) is 54.5 Å². The number of anilines is 2. The largest absolute Gasteiger partial charge is 0.496 e. The highest BCUT2D eigenvalue weighted by Crippen LogP contribution is 2.37. The molecule has 0 bridgehead atoms. The fourth-order valence-electron chi connectivity index (χ4n) is 4.71. The molecule has 0 radical (unpaired) electrons. The fourth-order valence-corrected chi connectivity index (χ4v) is 5.61. The maximum Gasteiger partial charge on any atom is 0.275 e. The summed E-state index contributed by atoms with van der Waals surface area (Å²) in [5, 5.41) is 8.72. The van der Waals surface area contributed by atoms with Crippen LogP contribution in [0.1, 0.15) is 29.9 Å². The Bertz CT molecular complexity index is 1470. The summed E-state index contributed by atoms with van der Waals surface area (Å²) in [6.45, 7) is 3.77. The van der Waals surface area contributed by atoms with Crippen LogP contribution in [-0.4, -0.2) is 34.9 Å². The van der Waals surface area contributed by atoms with Crippen LogP contribution >= 0.6 is 11.3 Å². The quantitative estimate of drug-likeness (QED) is 0.409. The van der Waals surface area contributed by atoms with E-state index in [9.17, 15) is 14.4 Å². The van der Waals surface area contributed by atoms with Gasteiger partial charge in [0.2, 0.25) is 11.8 Å². The third-order valence-electron chi connectivity index (χ3n) is 6.45. The summed E-state index contributed by atoms with van der Waals surface area (Å²) in [5.74, 6) is -0.0417. The summed E-state index contributed by atoms with van der Waals surface area (Å²) < 4.78 is 7.36. The molecule has 0 aliphatic carbocycles. The Balaban J connectivity index is 1.53. The van der Waals surface area contributed by atoms with Gasteiger partial charge in [-0.15, -0.1) is 11.3 Å². The number of nitrogens with one attached hydrogen (secondary N) is 2. The van der Waals surface area contributed by atoms with Crippen LogP contribution in [0.2, 0.25) is 0 Å². The van der Waals surface area contributed by atoms with Gasteiger partial charge in [0.25, 0.3) is 5.91 Å². The Morgan fingerprint density at radius 3 is 2.58 bits per heavy atom. The van der Waals surface area contributed by atoms with Crippen LogP contribution in [0.3, 0.4) is 0 Å². The molecular formula is C27H26N4O4S. The van der Waals surface area contributed by atoms with Gasteiger partial charge in [-0.2, -0.15) is 0 Å². The fraction of sp³-hybridized carbons (Fsp3) is 0.222. The molecule has 0 fully saturated rings. The molecule has 0 saturated heterocycles. The van der Waals surface area contributed by atoms with Gasteiger partial charge in [0.05, 0.1) is 13.7 Å². The normalized spacial score (nSPS) is 17.1. The summed E-state index contributed by atoms with van der Waals surface area (Å²) in [6.07, 6.45) is 0. The first kappa shape index (κ1) is 23.6. The minimum Gasteiger partial charge on any atom is -0.496 e. The molecule has 3 heterocycles. The van der Waals surface area contributed by atoms with E-state index >= 15 is 0 Å². The second-order valence-electron chi connectivity index (χ2n) is 8.93. The Kier molecular flexibility index (Phi) is 6.01. The van der Waals surface area contributed by atoms with Crippen molar-refractivity contribution < 1.29 is 19.1 Å². The third kappa shape index (κ3) is 4.01. The molecule has 0 unspecified atom stereocenters. The van der Waals surface area contributed by atoms with E-state index in [0.717, 1.165) is 15.8 Å². The number of ether oxygens (including phenoxy) is 1. The smallest absolute Gasteiger partial charge is 0.275 e. The number of aromatic nitrogens is 1. The number of amides is 3. The molecule has 2 aromatic carbocycles. The van der Waals surface area contributed by atoms with Gasteiger partial charge in [-0.05, 0) is 54.8 Å². The summed E-state index contributed by atoms with van der Waals surface area (Å²) in [5.41, 5.74) is 1.35. The average Bonchev–Trinajstić information content (AvgIpc) is 3.46. The number of carbonyl (C=O) groups excluding carboxylic acids is 3. The van der Waals surface area contributed by atoms with Crippen molar-refractivity contribution in [3.05, 3.63) is 77.3 Å². The second kappa shape index (κ2) is 9.16. The van der Waals surface area contributed by atoms with E-state index in [1.165, 1.54) is 6.92 Å². The zero-order chi connectivity index (χ0) is 25.4. The van der Waals surface area contributed by atoms with Crippen LogP contribution in [0.15, 0.2) is 66.0 Å². The molecular weight excluding hydrogens is 476 g/mol. The molecule has 3 amide bonds. The van der Waals surface area contributed by atoms with Crippen molar-refractivity contribution in [2.45, 2.75) is 32.5 Å². The highest BCUT2D eigenvalue weighted by molar-refractivity contribution is 7.16. The molecule has 4 aromatic rings. The molecule has 0 saturated carbocycles. The van der Waals surface area contributed by atoms with Crippen molar-refractivity contribution in [2.75, 3.05) is 17.3 Å². The predicted octanol–water partition coefficient (Wildman–Crippen LogP) is 4.41. The Morgan fingerprint density at radius 2 is 1.86 bits per heavy atom. The number of thiophene rings is 1. The van der Waals surface area contributed by atoms with E-state index in [1.807, 2.05) is 46.3 Å². The van der Waals surface area contributed by atoms with Crippen molar-refractivity contribution in [1.29, 1.82) is 0 Å². The summed E-state index contributed by atoms with van der Waals surface area (Å²) in [6, 6.07) is 18.3. The SMILES string of the molecule is COc1ccccc1CNC(=O)[C@]1(C)Cn2c(cc3ccsc32)C(=O)N1c1ccc(NC(C)=O)cc1. The zero-order valence-corrected chi connectivity index (χ0v) is 21.0. The van der Waals surface area contributed by atoms with Gasteiger partial charge in [-0.3, -0.25) is 19.3 Å². The molecule has 1 aliphatic rings. The average molecular weight is 503 g/mol. The van der Waals surface area contributed by atoms with Gasteiger partial charge < -0.3 is 19.9 Å². The van der Waals surface area contributed by atoms with Crippen LogP contribution in [0.4, 0.5) is 11.4 Å². The first-order valence-corrected chi connectivity index (χ1v) is 12.4. The molecule has 2 aromatic heterocycles. The molecule has 1 aliphatic heterocycles. The number of benzene rings is 2. The van der Waals surface area contributed by atoms with Crippen LogP contribution in [-0.2, 0) is 22.7 Å². The van der Waals surface area contributed by atoms with E-state index in [2.05, 4.69) is 10.6 Å². The molecule has 5 rings (SSSR count). The van der Waals surface area contributed by atoms with Crippen molar-refractivity contribution >= 4 is 50.6 Å². The lowest BCUT2D eigenvalue weighted by molar-refractivity contribution is -0.126. The third-order valence-corrected chi connectivity index (χ3v) is 7.40. The summed E-state index contributed by atoms with van der Waals surface area (Å²) in [7, 11) is 1.59. The van der Waals surface area contributed by atoms with Crippen LogP contribution < -0.4 is 20.3 Å². The maximum absolute atomic E-state index is 13.9. The topological polar surface area (TPSA) is 92.7 Å². The molecule has 184 valence electrons. The van der Waals surface area contributed by atoms with Gasteiger partial charge in [0.15, 0.2) is 0 Å². The molecule has 0 spiro atoms.